The maximum atomic E-state index is 4.31. The molecule has 0 amide bonds. The van der Waals surface area contributed by atoms with Gasteiger partial charge in [0.15, 0.2) is 0 Å². The zero-order valence-electron chi connectivity index (χ0n) is 8.58. The van der Waals surface area contributed by atoms with Gasteiger partial charge in [-0.2, -0.15) is 0 Å². The molecule has 0 aliphatic carbocycles. The normalized spacial score (nSPS) is 10.6. The van der Waals surface area contributed by atoms with E-state index in [4.69, 9.17) is 0 Å². The first-order valence-electron chi connectivity index (χ1n) is 5.08. The predicted octanol–water partition coefficient (Wildman–Crippen LogP) is 1.45. The van der Waals surface area contributed by atoms with Crippen LogP contribution in [0.3, 0.4) is 0 Å². The van der Waals surface area contributed by atoms with Gasteiger partial charge in [-0.05, 0) is 19.9 Å². The topological polar surface area (TPSA) is 29.9 Å². The first kappa shape index (κ1) is 10.3. The summed E-state index contributed by atoms with van der Waals surface area (Å²) in [7, 11) is 0. The maximum absolute atomic E-state index is 4.31. The summed E-state index contributed by atoms with van der Waals surface area (Å²) < 4.78 is 2.11. The van der Waals surface area contributed by atoms with Crippen molar-refractivity contribution in [2.75, 3.05) is 13.1 Å². The molecule has 3 heteroatoms. The monoisotopic (exact) mass is 181 g/mol. The molecule has 0 aliphatic rings. The van der Waals surface area contributed by atoms with Crippen LogP contribution >= 0.6 is 0 Å². The lowest BCUT2D eigenvalue weighted by molar-refractivity contribution is 0.666. The number of nitrogens with one attached hydrogen (secondary N) is 1. The van der Waals surface area contributed by atoms with Crippen molar-refractivity contribution in [2.45, 2.75) is 33.2 Å². The van der Waals surface area contributed by atoms with Crippen molar-refractivity contribution >= 4 is 0 Å². The third-order valence-electron chi connectivity index (χ3n) is 2.04. The van der Waals surface area contributed by atoms with Gasteiger partial charge in [0.2, 0.25) is 0 Å². The first-order valence-corrected chi connectivity index (χ1v) is 5.08. The van der Waals surface area contributed by atoms with Gasteiger partial charge in [-0.3, -0.25) is 0 Å². The molecular weight excluding hydrogens is 162 g/mol. The standard InChI is InChI=1S/C10H19N3/c1-3-6-11-7-5-10-8-13(4-2)9-12-10/h8-9,11H,3-7H2,1-2H3. The van der Waals surface area contributed by atoms with Crippen LogP contribution in [0.25, 0.3) is 0 Å². The molecule has 13 heavy (non-hydrogen) atoms. The molecule has 0 spiro atoms. The highest BCUT2D eigenvalue weighted by Gasteiger charge is 1.96. The van der Waals surface area contributed by atoms with Crippen LogP contribution in [0.2, 0.25) is 0 Å². The molecule has 0 fully saturated rings. The number of nitrogens with zero attached hydrogens (tertiary/aromatic N) is 2. The number of aromatic nitrogens is 2. The van der Waals surface area contributed by atoms with E-state index in [-0.39, 0.29) is 0 Å². The van der Waals surface area contributed by atoms with Crippen LogP contribution in [0.4, 0.5) is 0 Å². The van der Waals surface area contributed by atoms with Crippen LogP contribution < -0.4 is 5.32 Å². The molecule has 0 bridgehead atoms. The molecule has 1 aromatic heterocycles. The Morgan fingerprint density at radius 1 is 1.38 bits per heavy atom. The molecule has 1 heterocycles. The summed E-state index contributed by atoms with van der Waals surface area (Å²) in [6.45, 7) is 7.46. The Kier molecular flexibility index (Phi) is 4.54. The van der Waals surface area contributed by atoms with E-state index < -0.39 is 0 Å². The van der Waals surface area contributed by atoms with Gasteiger partial charge < -0.3 is 9.88 Å². The molecule has 0 unspecified atom stereocenters. The van der Waals surface area contributed by atoms with E-state index in [9.17, 15) is 0 Å². The van der Waals surface area contributed by atoms with Crippen molar-refractivity contribution in [1.29, 1.82) is 0 Å². The lowest BCUT2D eigenvalue weighted by Gasteiger charge is -1.99. The highest BCUT2D eigenvalue weighted by atomic mass is 15.0. The van der Waals surface area contributed by atoms with Gasteiger partial charge in [0, 0.05) is 25.7 Å². The highest BCUT2D eigenvalue weighted by Crippen LogP contribution is 1.96. The van der Waals surface area contributed by atoms with Crippen molar-refractivity contribution in [3.8, 4) is 0 Å². The largest absolute Gasteiger partial charge is 0.337 e. The van der Waals surface area contributed by atoms with E-state index in [0.29, 0.717) is 0 Å². The van der Waals surface area contributed by atoms with Crippen molar-refractivity contribution in [3.63, 3.8) is 0 Å². The van der Waals surface area contributed by atoms with Crippen LogP contribution in [0.5, 0.6) is 0 Å². The molecule has 3 nitrogen and oxygen atoms in total. The van der Waals surface area contributed by atoms with Crippen molar-refractivity contribution < 1.29 is 0 Å². The quantitative estimate of drug-likeness (QED) is 0.673. The summed E-state index contributed by atoms with van der Waals surface area (Å²) in [5.41, 5.74) is 1.19. The smallest absolute Gasteiger partial charge is 0.0949 e. The summed E-state index contributed by atoms with van der Waals surface area (Å²) in [5, 5.41) is 3.36. The number of aryl methyl sites for hydroxylation is 1. The van der Waals surface area contributed by atoms with Gasteiger partial charge in [-0.15, -0.1) is 0 Å². The summed E-state index contributed by atoms with van der Waals surface area (Å²) in [4.78, 5) is 4.31. The third kappa shape index (κ3) is 3.59. The van der Waals surface area contributed by atoms with E-state index in [2.05, 4.69) is 34.9 Å². The zero-order valence-corrected chi connectivity index (χ0v) is 8.58. The molecule has 1 rings (SSSR count). The molecule has 0 radical (unpaired) electrons. The van der Waals surface area contributed by atoms with Crippen LogP contribution in [0.1, 0.15) is 26.0 Å². The average Bonchev–Trinajstić information content (AvgIpc) is 2.60. The Labute approximate surface area is 80.2 Å². The van der Waals surface area contributed by atoms with Gasteiger partial charge in [0.25, 0.3) is 0 Å². The molecule has 0 saturated heterocycles. The van der Waals surface area contributed by atoms with E-state index >= 15 is 0 Å². The van der Waals surface area contributed by atoms with Gasteiger partial charge in [0.05, 0.1) is 12.0 Å². The second-order valence-corrected chi connectivity index (χ2v) is 3.20. The molecular formula is C10H19N3. The van der Waals surface area contributed by atoms with Crippen LogP contribution in [-0.4, -0.2) is 22.6 Å². The van der Waals surface area contributed by atoms with Gasteiger partial charge in [-0.25, -0.2) is 4.98 Å². The number of imidazole rings is 1. The number of hydrogen-bond donors (Lipinski definition) is 1. The molecule has 0 aromatic carbocycles. The SMILES string of the molecule is CCCNCCc1cn(CC)cn1. The van der Waals surface area contributed by atoms with Crippen molar-refractivity contribution in [1.82, 2.24) is 14.9 Å². The van der Waals surface area contributed by atoms with Gasteiger partial charge >= 0.3 is 0 Å². The van der Waals surface area contributed by atoms with Crippen molar-refractivity contribution in [2.24, 2.45) is 0 Å². The second kappa shape index (κ2) is 5.75. The average molecular weight is 181 g/mol. The fourth-order valence-corrected chi connectivity index (χ4v) is 1.23. The fraction of sp³-hybridized carbons (Fsp3) is 0.700. The minimum Gasteiger partial charge on any atom is -0.337 e. The fourth-order valence-electron chi connectivity index (χ4n) is 1.23. The maximum Gasteiger partial charge on any atom is 0.0949 e. The minimum atomic E-state index is 1.01. The van der Waals surface area contributed by atoms with Gasteiger partial charge in [-0.1, -0.05) is 6.92 Å². The zero-order chi connectivity index (χ0) is 9.52. The minimum absolute atomic E-state index is 1.01. The number of hydrogen-bond acceptors (Lipinski definition) is 2. The van der Waals surface area contributed by atoms with E-state index in [1.807, 2.05) is 6.33 Å². The summed E-state index contributed by atoms with van der Waals surface area (Å²) in [5.74, 6) is 0. The van der Waals surface area contributed by atoms with Crippen LogP contribution in [0.15, 0.2) is 12.5 Å². The second-order valence-electron chi connectivity index (χ2n) is 3.20. The van der Waals surface area contributed by atoms with Gasteiger partial charge in [0.1, 0.15) is 0 Å². The summed E-state index contributed by atoms with van der Waals surface area (Å²) in [6, 6.07) is 0. The summed E-state index contributed by atoms with van der Waals surface area (Å²) >= 11 is 0. The first-order chi connectivity index (χ1) is 6.36. The molecule has 0 saturated carbocycles. The van der Waals surface area contributed by atoms with Crippen molar-refractivity contribution in [3.05, 3.63) is 18.2 Å². The van der Waals surface area contributed by atoms with E-state index in [1.165, 1.54) is 12.1 Å². The Balaban J connectivity index is 2.20. The van der Waals surface area contributed by atoms with E-state index in [1.54, 1.807) is 0 Å². The Hall–Kier alpha value is -0.830. The Bertz CT molecular complexity index is 230. The van der Waals surface area contributed by atoms with Crippen LogP contribution in [-0.2, 0) is 13.0 Å². The number of rotatable bonds is 6. The molecule has 1 N–H and O–H groups in total. The summed E-state index contributed by atoms with van der Waals surface area (Å²) in [6.07, 6.45) is 6.25. The Morgan fingerprint density at radius 3 is 2.85 bits per heavy atom. The van der Waals surface area contributed by atoms with Crippen LogP contribution in [0, 0.1) is 0 Å². The molecule has 0 aliphatic heterocycles. The lowest BCUT2D eigenvalue weighted by Crippen LogP contribution is -2.17. The molecule has 1 aromatic rings. The molecule has 74 valence electrons. The molecule has 0 atom stereocenters. The highest BCUT2D eigenvalue weighted by molar-refractivity contribution is 4.96. The Morgan fingerprint density at radius 2 is 2.23 bits per heavy atom. The predicted molar refractivity (Wildman–Crippen MR) is 54.8 cm³/mol. The van der Waals surface area contributed by atoms with E-state index in [0.717, 1.165) is 26.1 Å². The third-order valence-corrected chi connectivity index (χ3v) is 2.04. The lowest BCUT2D eigenvalue weighted by atomic mass is 10.3.